The molecule has 3 rings (SSSR count). The van der Waals surface area contributed by atoms with Gasteiger partial charge >= 0.3 is 0 Å². The lowest BCUT2D eigenvalue weighted by molar-refractivity contribution is 0.580. The van der Waals surface area contributed by atoms with E-state index in [1.54, 1.807) is 6.26 Å². The van der Waals surface area contributed by atoms with Gasteiger partial charge in [0.05, 0.1) is 16.9 Å². The number of furan rings is 1. The SMILES string of the molecule is CC(C)CNc1nc(-c2ccco2)c(C(=N)c2ccccc2)s1. The standard InChI is InChI=1S/C18H19N3OS/c1-12(2)11-20-18-21-16(14-9-6-10-22-14)17(23-18)15(19)13-7-4-3-5-8-13/h3-10,12,19H,11H2,1-2H3,(H,20,21). The van der Waals surface area contributed by atoms with Crippen molar-refractivity contribution < 1.29 is 4.42 Å². The second kappa shape index (κ2) is 6.79. The molecule has 4 nitrogen and oxygen atoms in total. The fourth-order valence-electron chi connectivity index (χ4n) is 2.17. The summed E-state index contributed by atoms with van der Waals surface area (Å²) in [6.07, 6.45) is 1.63. The topological polar surface area (TPSA) is 61.9 Å². The van der Waals surface area contributed by atoms with Gasteiger partial charge in [-0.2, -0.15) is 0 Å². The molecule has 0 fully saturated rings. The van der Waals surface area contributed by atoms with Crippen LogP contribution in [0.1, 0.15) is 24.3 Å². The number of hydrogen-bond donors (Lipinski definition) is 2. The van der Waals surface area contributed by atoms with Crippen LogP contribution < -0.4 is 5.32 Å². The van der Waals surface area contributed by atoms with Gasteiger partial charge in [-0.15, -0.1) is 0 Å². The van der Waals surface area contributed by atoms with Crippen molar-refractivity contribution in [2.45, 2.75) is 13.8 Å². The zero-order valence-corrected chi connectivity index (χ0v) is 14.0. The third kappa shape index (κ3) is 3.51. The molecule has 0 amide bonds. The zero-order chi connectivity index (χ0) is 16.2. The molecule has 0 radical (unpaired) electrons. The molecule has 118 valence electrons. The molecule has 0 atom stereocenters. The van der Waals surface area contributed by atoms with Gasteiger partial charge < -0.3 is 9.73 Å². The number of hydrogen-bond acceptors (Lipinski definition) is 5. The third-order valence-electron chi connectivity index (χ3n) is 3.33. The van der Waals surface area contributed by atoms with Gasteiger partial charge in [-0.25, -0.2) is 4.98 Å². The largest absolute Gasteiger partial charge is 0.463 e. The number of aromatic nitrogens is 1. The molecule has 0 aliphatic heterocycles. The van der Waals surface area contributed by atoms with Crippen molar-refractivity contribution in [3.05, 3.63) is 59.2 Å². The highest BCUT2D eigenvalue weighted by Crippen LogP contribution is 2.33. The summed E-state index contributed by atoms with van der Waals surface area (Å²) in [5, 5.41) is 12.7. The molecule has 23 heavy (non-hydrogen) atoms. The lowest BCUT2D eigenvalue weighted by atomic mass is 10.1. The van der Waals surface area contributed by atoms with Crippen molar-refractivity contribution in [2.24, 2.45) is 5.92 Å². The summed E-state index contributed by atoms with van der Waals surface area (Å²) in [5.41, 5.74) is 2.06. The maximum Gasteiger partial charge on any atom is 0.184 e. The summed E-state index contributed by atoms with van der Waals surface area (Å²) in [6, 6.07) is 13.4. The molecule has 2 N–H and O–H groups in total. The number of nitrogens with zero attached hydrogens (tertiary/aromatic N) is 1. The van der Waals surface area contributed by atoms with Gasteiger partial charge in [0.25, 0.3) is 0 Å². The van der Waals surface area contributed by atoms with E-state index in [1.807, 2.05) is 42.5 Å². The number of anilines is 1. The molecule has 0 spiro atoms. The second-order valence-electron chi connectivity index (χ2n) is 5.69. The molecule has 3 aromatic rings. The lowest BCUT2D eigenvalue weighted by Gasteiger charge is -2.04. The first-order valence-corrected chi connectivity index (χ1v) is 8.39. The molecule has 5 heteroatoms. The van der Waals surface area contributed by atoms with E-state index in [0.29, 0.717) is 17.4 Å². The van der Waals surface area contributed by atoms with E-state index in [-0.39, 0.29) is 0 Å². The van der Waals surface area contributed by atoms with Crippen LogP contribution in [0.2, 0.25) is 0 Å². The third-order valence-corrected chi connectivity index (χ3v) is 4.36. The van der Waals surface area contributed by atoms with Crippen LogP contribution in [0.4, 0.5) is 5.13 Å². The van der Waals surface area contributed by atoms with Gasteiger partial charge in [0, 0.05) is 12.1 Å². The van der Waals surface area contributed by atoms with Crippen molar-refractivity contribution in [3.63, 3.8) is 0 Å². The van der Waals surface area contributed by atoms with Gasteiger partial charge in [0.15, 0.2) is 10.9 Å². The molecule has 0 unspecified atom stereocenters. The summed E-state index contributed by atoms with van der Waals surface area (Å²) < 4.78 is 5.50. The Hall–Kier alpha value is -2.40. The Morgan fingerprint density at radius 1 is 1.22 bits per heavy atom. The Morgan fingerprint density at radius 2 is 2.00 bits per heavy atom. The van der Waals surface area contributed by atoms with Crippen LogP contribution in [0, 0.1) is 11.3 Å². The number of nitrogens with one attached hydrogen (secondary N) is 2. The first-order chi connectivity index (χ1) is 11.1. The van der Waals surface area contributed by atoms with Gasteiger partial charge in [-0.3, -0.25) is 5.41 Å². The molecule has 0 aliphatic rings. The van der Waals surface area contributed by atoms with Crippen LogP contribution in [0.15, 0.2) is 53.1 Å². The molecular formula is C18H19N3OS. The average molecular weight is 325 g/mol. The Morgan fingerprint density at radius 3 is 2.65 bits per heavy atom. The smallest absolute Gasteiger partial charge is 0.184 e. The maximum absolute atomic E-state index is 8.55. The molecular weight excluding hydrogens is 306 g/mol. The number of rotatable bonds is 6. The van der Waals surface area contributed by atoms with E-state index >= 15 is 0 Å². The van der Waals surface area contributed by atoms with Crippen molar-refractivity contribution in [3.8, 4) is 11.5 Å². The Bertz CT molecular complexity index is 776. The van der Waals surface area contributed by atoms with E-state index in [9.17, 15) is 0 Å². The molecule has 1 aromatic carbocycles. The molecule has 2 aromatic heterocycles. The van der Waals surface area contributed by atoms with Gasteiger partial charge in [0.1, 0.15) is 5.69 Å². The zero-order valence-electron chi connectivity index (χ0n) is 13.2. The van der Waals surface area contributed by atoms with Crippen molar-refractivity contribution >= 4 is 22.2 Å². The normalized spacial score (nSPS) is 10.9. The van der Waals surface area contributed by atoms with Crippen molar-refractivity contribution in [2.75, 3.05) is 11.9 Å². The molecule has 2 heterocycles. The monoisotopic (exact) mass is 325 g/mol. The highest BCUT2D eigenvalue weighted by atomic mass is 32.1. The van der Waals surface area contributed by atoms with Gasteiger partial charge in [0.2, 0.25) is 0 Å². The fraction of sp³-hybridized carbons (Fsp3) is 0.222. The quantitative estimate of drug-likeness (QED) is 0.634. The van der Waals surface area contributed by atoms with Crippen LogP contribution in [-0.4, -0.2) is 17.2 Å². The van der Waals surface area contributed by atoms with E-state index in [0.717, 1.165) is 27.8 Å². The highest BCUT2D eigenvalue weighted by Gasteiger charge is 2.19. The van der Waals surface area contributed by atoms with Crippen molar-refractivity contribution in [1.29, 1.82) is 5.41 Å². The van der Waals surface area contributed by atoms with E-state index < -0.39 is 0 Å². The second-order valence-corrected chi connectivity index (χ2v) is 6.69. The summed E-state index contributed by atoms with van der Waals surface area (Å²) >= 11 is 1.50. The number of benzene rings is 1. The lowest BCUT2D eigenvalue weighted by Crippen LogP contribution is -2.07. The Labute approximate surface area is 139 Å². The average Bonchev–Trinajstić information content (AvgIpc) is 3.22. The Balaban J connectivity index is 1.98. The first-order valence-electron chi connectivity index (χ1n) is 7.58. The molecule has 0 saturated carbocycles. The fourth-order valence-corrected chi connectivity index (χ4v) is 3.12. The molecule has 0 saturated heterocycles. The first kappa shape index (κ1) is 15.5. The number of thiazole rings is 1. The van der Waals surface area contributed by atoms with Crippen LogP contribution in [0.3, 0.4) is 0 Å². The summed E-state index contributed by atoms with van der Waals surface area (Å²) in [4.78, 5) is 5.46. The van der Waals surface area contributed by atoms with Crippen LogP contribution in [0.25, 0.3) is 11.5 Å². The van der Waals surface area contributed by atoms with Gasteiger partial charge in [-0.1, -0.05) is 55.5 Å². The minimum Gasteiger partial charge on any atom is -0.463 e. The summed E-state index contributed by atoms with van der Waals surface area (Å²) in [7, 11) is 0. The van der Waals surface area contributed by atoms with E-state index in [1.165, 1.54) is 11.3 Å². The molecule has 0 bridgehead atoms. The van der Waals surface area contributed by atoms with E-state index in [4.69, 9.17) is 9.83 Å². The highest BCUT2D eigenvalue weighted by molar-refractivity contribution is 7.18. The minimum absolute atomic E-state index is 0.465. The predicted octanol–water partition coefficient (Wildman–Crippen LogP) is 4.89. The Kier molecular flexibility index (Phi) is 4.57. The van der Waals surface area contributed by atoms with Crippen LogP contribution in [-0.2, 0) is 0 Å². The maximum atomic E-state index is 8.55. The van der Waals surface area contributed by atoms with Crippen LogP contribution in [0.5, 0.6) is 0 Å². The minimum atomic E-state index is 0.465. The van der Waals surface area contributed by atoms with Gasteiger partial charge in [-0.05, 0) is 18.1 Å². The predicted molar refractivity (Wildman–Crippen MR) is 95.5 cm³/mol. The van der Waals surface area contributed by atoms with Crippen molar-refractivity contribution in [1.82, 2.24) is 4.98 Å². The van der Waals surface area contributed by atoms with Crippen LogP contribution >= 0.6 is 11.3 Å². The van der Waals surface area contributed by atoms with E-state index in [2.05, 4.69) is 24.1 Å². The molecule has 0 aliphatic carbocycles. The summed E-state index contributed by atoms with van der Waals surface area (Å²) in [6.45, 7) is 5.16. The summed E-state index contributed by atoms with van der Waals surface area (Å²) in [5.74, 6) is 1.22.